The molecule has 0 aromatic carbocycles. The van der Waals surface area contributed by atoms with Crippen molar-refractivity contribution in [2.24, 2.45) is 23.7 Å². The molecule has 4 aliphatic rings. The van der Waals surface area contributed by atoms with Crippen molar-refractivity contribution >= 4 is 69.6 Å². The molecule has 0 radical (unpaired) electrons. The minimum Gasteiger partial charge on any atom is -0.390 e. The number of fused-ring (bicyclic) bond motifs is 9. The van der Waals surface area contributed by atoms with Gasteiger partial charge in [-0.25, -0.2) is 0 Å². The van der Waals surface area contributed by atoms with Crippen LogP contribution in [-0.4, -0.2) is 36.5 Å². The fraction of sp³-hybridized carbons (Fsp3) is 0.833. The Hall–Kier alpha value is 1.40. The molecule has 4 rings (SSSR count). The van der Waals surface area contributed by atoms with Gasteiger partial charge in [-0.05, 0) is 30.1 Å². The molecule has 2 N–H and O–H groups in total. The van der Waals surface area contributed by atoms with E-state index in [2.05, 4.69) is 0 Å². The van der Waals surface area contributed by atoms with Gasteiger partial charge in [0.1, 0.15) is 9.75 Å². The average Bonchev–Trinajstić information content (AvgIpc) is 2.97. The number of rotatable bonds is 0. The van der Waals surface area contributed by atoms with Crippen LogP contribution in [0.25, 0.3) is 0 Å². The number of aliphatic hydroxyl groups excluding tert-OH is 2. The van der Waals surface area contributed by atoms with Crippen molar-refractivity contribution < 1.29 is 10.2 Å². The largest absolute Gasteiger partial charge is 0.390 e. The van der Waals surface area contributed by atoms with Gasteiger partial charge in [0.25, 0.3) is 0 Å². The zero-order chi connectivity index (χ0) is 14.8. The summed E-state index contributed by atoms with van der Waals surface area (Å²) >= 11 is 39.0. The minimum atomic E-state index is -1.58. The normalized spacial score (nSPS) is 62.4. The maximum atomic E-state index is 10.2. The average molecular weight is 399 g/mol. The molecule has 0 aliphatic heterocycles. The number of hydrogen-bond donors (Lipinski definition) is 2. The van der Waals surface area contributed by atoms with E-state index in [1.165, 1.54) is 0 Å². The molecule has 8 atom stereocenters. The van der Waals surface area contributed by atoms with Crippen LogP contribution in [0.3, 0.4) is 0 Å². The number of alkyl halides is 4. The third kappa shape index (κ3) is 1.16. The van der Waals surface area contributed by atoms with Crippen molar-refractivity contribution in [2.75, 3.05) is 0 Å². The van der Waals surface area contributed by atoms with Gasteiger partial charge in [-0.15, -0.1) is 23.2 Å². The molecule has 3 saturated carbocycles. The SMILES string of the molecule is OC1C(O)[C@@H]2C[C@H]1[C@@H]1[C@H]2[C@]2(Cl)C(Cl)=C(Cl)[C@@]1(Cl)C2(Cl)Cl. The van der Waals surface area contributed by atoms with Crippen LogP contribution in [0, 0.1) is 23.7 Å². The standard InChI is InChI=1S/C12H10Cl6O2/c13-8-9(14)11(16)5-3-1-2(6(19)7(3)20)4(5)10(8,15)12(11,17)18/h2-7,19-20H,1H2/t2-,3+,4+,5-,6?,7?,10+,11-. The third-order valence-corrected chi connectivity index (χ3v) is 10.0. The highest BCUT2D eigenvalue weighted by Gasteiger charge is 2.87. The van der Waals surface area contributed by atoms with Crippen molar-refractivity contribution in [1.82, 2.24) is 0 Å². The van der Waals surface area contributed by atoms with Gasteiger partial charge in [0.15, 0.2) is 4.33 Å². The molecule has 0 spiro atoms. The summed E-state index contributed by atoms with van der Waals surface area (Å²) in [6.45, 7) is 0. The van der Waals surface area contributed by atoms with Crippen LogP contribution < -0.4 is 0 Å². The van der Waals surface area contributed by atoms with Crippen molar-refractivity contribution in [3.8, 4) is 0 Å². The zero-order valence-corrected chi connectivity index (χ0v) is 14.4. The molecule has 20 heavy (non-hydrogen) atoms. The van der Waals surface area contributed by atoms with Crippen LogP contribution in [0.15, 0.2) is 10.1 Å². The first-order valence-corrected chi connectivity index (χ1v) is 8.56. The fourth-order valence-electron chi connectivity index (χ4n) is 5.01. The van der Waals surface area contributed by atoms with Crippen molar-refractivity contribution in [2.45, 2.75) is 32.7 Å². The molecule has 0 heterocycles. The second-order valence-corrected chi connectivity index (χ2v) is 9.50. The van der Waals surface area contributed by atoms with Crippen LogP contribution in [0.5, 0.6) is 0 Å². The Balaban J connectivity index is 1.98. The predicted octanol–water partition coefficient (Wildman–Crippen LogP) is 3.44. The van der Waals surface area contributed by atoms with E-state index in [-0.39, 0.29) is 33.7 Å². The quantitative estimate of drug-likeness (QED) is 0.484. The van der Waals surface area contributed by atoms with Gasteiger partial charge in [0, 0.05) is 0 Å². The van der Waals surface area contributed by atoms with Crippen LogP contribution >= 0.6 is 69.6 Å². The Morgan fingerprint density at radius 2 is 1.15 bits per heavy atom. The summed E-state index contributed by atoms with van der Waals surface area (Å²) in [4.78, 5) is -2.64. The molecule has 0 aromatic rings. The Labute approximate surface area is 145 Å². The van der Waals surface area contributed by atoms with Gasteiger partial charge in [0.2, 0.25) is 0 Å². The van der Waals surface area contributed by atoms with Crippen LogP contribution in [0.2, 0.25) is 0 Å². The molecule has 112 valence electrons. The first-order valence-electron chi connectivity index (χ1n) is 6.29. The molecule has 4 bridgehead atoms. The highest BCUT2D eigenvalue weighted by Crippen LogP contribution is 2.82. The highest BCUT2D eigenvalue weighted by molar-refractivity contribution is 6.65. The summed E-state index contributed by atoms with van der Waals surface area (Å²) in [6, 6.07) is 0. The van der Waals surface area contributed by atoms with Gasteiger partial charge in [0.05, 0.1) is 22.3 Å². The molecule has 3 fully saturated rings. The third-order valence-electron chi connectivity index (χ3n) is 5.75. The molecule has 2 nitrogen and oxygen atoms in total. The van der Waals surface area contributed by atoms with E-state index in [4.69, 9.17) is 69.6 Å². The van der Waals surface area contributed by atoms with Gasteiger partial charge < -0.3 is 10.2 Å². The molecule has 4 aliphatic carbocycles. The second-order valence-electron chi connectivity index (χ2n) is 6.22. The molecule has 0 amide bonds. The molecule has 2 unspecified atom stereocenters. The lowest BCUT2D eigenvalue weighted by Gasteiger charge is -2.42. The van der Waals surface area contributed by atoms with Crippen molar-refractivity contribution in [3.63, 3.8) is 0 Å². The number of hydrogen-bond acceptors (Lipinski definition) is 2. The van der Waals surface area contributed by atoms with E-state index in [0.29, 0.717) is 6.42 Å². The van der Waals surface area contributed by atoms with Crippen LogP contribution in [0.1, 0.15) is 6.42 Å². The van der Waals surface area contributed by atoms with E-state index in [9.17, 15) is 10.2 Å². The Kier molecular flexibility index (Phi) is 2.91. The maximum Gasteiger partial charge on any atom is 0.166 e. The molecule has 8 heteroatoms. The minimum absolute atomic E-state index is 0.163. The lowest BCUT2D eigenvalue weighted by atomic mass is 9.70. The topological polar surface area (TPSA) is 40.5 Å². The van der Waals surface area contributed by atoms with Crippen molar-refractivity contribution in [3.05, 3.63) is 10.1 Å². The van der Waals surface area contributed by atoms with E-state index in [1.54, 1.807) is 0 Å². The van der Waals surface area contributed by atoms with Gasteiger partial charge in [-0.3, -0.25) is 0 Å². The first-order chi connectivity index (χ1) is 9.11. The van der Waals surface area contributed by atoms with Gasteiger partial charge in [-0.1, -0.05) is 46.4 Å². The lowest BCUT2D eigenvalue weighted by Crippen LogP contribution is -2.50. The van der Waals surface area contributed by atoms with E-state index >= 15 is 0 Å². The van der Waals surface area contributed by atoms with Gasteiger partial charge in [-0.2, -0.15) is 0 Å². The zero-order valence-electron chi connectivity index (χ0n) is 9.83. The van der Waals surface area contributed by atoms with E-state index < -0.39 is 26.3 Å². The van der Waals surface area contributed by atoms with Crippen LogP contribution in [0.4, 0.5) is 0 Å². The summed E-state index contributed by atoms with van der Waals surface area (Å²) in [5.41, 5.74) is 0. The number of allylic oxidation sites excluding steroid dienone is 2. The molecule has 0 aromatic heterocycles. The summed E-state index contributed by atoms with van der Waals surface area (Å²) in [6.07, 6.45) is -1.09. The smallest absolute Gasteiger partial charge is 0.166 e. The van der Waals surface area contributed by atoms with Gasteiger partial charge >= 0.3 is 0 Å². The lowest BCUT2D eigenvalue weighted by molar-refractivity contribution is -0.0559. The Morgan fingerprint density at radius 1 is 0.800 bits per heavy atom. The maximum absolute atomic E-state index is 10.2. The Bertz CT molecular complexity index is 506. The van der Waals surface area contributed by atoms with E-state index in [0.717, 1.165) is 0 Å². The van der Waals surface area contributed by atoms with Crippen LogP contribution in [-0.2, 0) is 0 Å². The molecular weight excluding hydrogens is 389 g/mol. The summed E-state index contributed by atoms with van der Waals surface area (Å²) in [7, 11) is 0. The second kappa shape index (κ2) is 3.89. The summed E-state index contributed by atoms with van der Waals surface area (Å²) in [5, 5.41) is 20.6. The fourth-order valence-corrected chi connectivity index (χ4v) is 8.14. The monoisotopic (exact) mass is 396 g/mol. The first kappa shape index (κ1) is 15.0. The Morgan fingerprint density at radius 3 is 1.50 bits per heavy atom. The predicted molar refractivity (Wildman–Crippen MR) is 80.9 cm³/mol. The number of aliphatic hydroxyl groups is 2. The molecule has 0 saturated heterocycles. The van der Waals surface area contributed by atoms with Crippen molar-refractivity contribution in [1.29, 1.82) is 0 Å². The highest BCUT2D eigenvalue weighted by atomic mass is 35.5. The van der Waals surface area contributed by atoms with E-state index in [1.807, 2.05) is 0 Å². The summed E-state index contributed by atoms with van der Waals surface area (Å²) in [5.74, 6) is -1.05. The number of halogens is 6. The summed E-state index contributed by atoms with van der Waals surface area (Å²) < 4.78 is -1.58. The molecular formula is C12H10Cl6O2.